The number of hydrogen-bond acceptors (Lipinski definition) is 2. The van der Waals surface area contributed by atoms with E-state index in [1.54, 1.807) is 5.57 Å². The molecule has 1 N–H and O–H groups in total. The van der Waals surface area contributed by atoms with Crippen LogP contribution in [0.1, 0.15) is 43.7 Å². The molecule has 4 unspecified atom stereocenters. The molecule has 2 nitrogen and oxygen atoms in total. The molecule has 0 amide bonds. The molecule has 124 valence electrons. The molecule has 1 aromatic carbocycles. The zero-order valence-corrected chi connectivity index (χ0v) is 14.6. The molecule has 1 aliphatic carbocycles. The maximum atomic E-state index is 3.54. The number of benzene rings is 1. The number of fused-ring (bicyclic) bond motifs is 1. The molecule has 4 rings (SSSR count). The van der Waals surface area contributed by atoms with Crippen molar-refractivity contribution in [3.63, 3.8) is 0 Å². The van der Waals surface area contributed by atoms with E-state index < -0.39 is 0 Å². The monoisotopic (exact) mass is 310 g/mol. The molecule has 0 saturated carbocycles. The summed E-state index contributed by atoms with van der Waals surface area (Å²) in [5, 5.41) is 3.54. The molecule has 2 heterocycles. The van der Waals surface area contributed by atoms with E-state index in [0.717, 1.165) is 25.0 Å². The molecule has 2 saturated heterocycles. The van der Waals surface area contributed by atoms with Gasteiger partial charge in [-0.3, -0.25) is 0 Å². The third-order valence-corrected chi connectivity index (χ3v) is 6.39. The smallest absolute Gasteiger partial charge is 0.0168 e. The van der Waals surface area contributed by atoms with E-state index in [2.05, 4.69) is 54.4 Å². The highest BCUT2D eigenvalue weighted by atomic mass is 15.2. The van der Waals surface area contributed by atoms with Crippen LogP contribution in [0, 0.1) is 11.8 Å². The summed E-state index contributed by atoms with van der Waals surface area (Å²) in [7, 11) is 0. The minimum Gasteiger partial charge on any atom is -0.312 e. The minimum absolute atomic E-state index is 0.688. The van der Waals surface area contributed by atoms with Crippen molar-refractivity contribution in [1.29, 1.82) is 0 Å². The summed E-state index contributed by atoms with van der Waals surface area (Å²) in [5.41, 5.74) is 4.68. The molecule has 0 radical (unpaired) electrons. The van der Waals surface area contributed by atoms with Crippen molar-refractivity contribution in [1.82, 2.24) is 10.2 Å². The van der Waals surface area contributed by atoms with E-state index in [4.69, 9.17) is 0 Å². The van der Waals surface area contributed by atoms with E-state index in [-0.39, 0.29) is 0 Å². The molecule has 0 bridgehead atoms. The maximum Gasteiger partial charge on any atom is 0.0168 e. The highest BCUT2D eigenvalue weighted by Gasteiger charge is 2.38. The normalized spacial score (nSPS) is 33.9. The van der Waals surface area contributed by atoms with Gasteiger partial charge in [-0.15, -0.1) is 0 Å². The Morgan fingerprint density at radius 2 is 2.00 bits per heavy atom. The van der Waals surface area contributed by atoms with Crippen LogP contribution in [-0.4, -0.2) is 37.1 Å². The van der Waals surface area contributed by atoms with Gasteiger partial charge in [0.1, 0.15) is 0 Å². The van der Waals surface area contributed by atoms with Crippen LogP contribution in [0.2, 0.25) is 0 Å². The molecular weight excluding hydrogens is 280 g/mol. The third-order valence-electron chi connectivity index (χ3n) is 6.39. The minimum atomic E-state index is 0.688. The van der Waals surface area contributed by atoms with Crippen LogP contribution in [0.15, 0.2) is 35.9 Å². The van der Waals surface area contributed by atoms with Crippen molar-refractivity contribution in [2.75, 3.05) is 26.2 Å². The largest absolute Gasteiger partial charge is 0.312 e. The fourth-order valence-electron chi connectivity index (χ4n) is 5.02. The molecule has 0 aromatic heterocycles. The number of nitrogens with one attached hydrogen (secondary N) is 1. The lowest BCUT2D eigenvalue weighted by atomic mass is 9.82. The molecule has 4 atom stereocenters. The standard InChI is InChI=1S/C21H30N2/c1-15-12-19-13-22-14-20(19)21(15)18-7-5-17(6-8-18)9-11-23-10-3-4-16(23)2/h5-8,12,15-16,20-22H,3-4,9-11,13-14H2,1-2H3. The molecule has 2 aliphatic heterocycles. The molecule has 1 aromatic rings. The Morgan fingerprint density at radius 3 is 2.74 bits per heavy atom. The Bertz CT molecular complexity index is 574. The predicted octanol–water partition coefficient (Wildman–Crippen LogP) is 3.59. The predicted molar refractivity (Wildman–Crippen MR) is 96.8 cm³/mol. The Kier molecular flexibility index (Phi) is 4.29. The Morgan fingerprint density at radius 1 is 1.17 bits per heavy atom. The van der Waals surface area contributed by atoms with Crippen LogP contribution in [0.25, 0.3) is 0 Å². The first-order chi connectivity index (χ1) is 11.2. The number of rotatable bonds is 4. The SMILES string of the molecule is CC1C=C2CNCC2C1c1ccc(CCN2CCCC2C)cc1. The molecule has 2 fully saturated rings. The quantitative estimate of drug-likeness (QED) is 0.855. The summed E-state index contributed by atoms with van der Waals surface area (Å²) in [5.74, 6) is 2.11. The van der Waals surface area contributed by atoms with Gasteiger partial charge in [-0.25, -0.2) is 0 Å². The highest BCUT2D eigenvalue weighted by Crippen LogP contribution is 2.44. The number of nitrogens with zero attached hydrogens (tertiary/aromatic N) is 1. The molecule has 0 spiro atoms. The fourth-order valence-corrected chi connectivity index (χ4v) is 5.02. The third kappa shape index (κ3) is 2.99. The van der Waals surface area contributed by atoms with Gasteiger partial charge in [0.05, 0.1) is 0 Å². The zero-order chi connectivity index (χ0) is 15.8. The molecular formula is C21H30N2. The van der Waals surface area contributed by atoms with Crippen molar-refractivity contribution in [2.45, 2.75) is 45.1 Å². The summed E-state index contributed by atoms with van der Waals surface area (Å²) in [4.78, 5) is 2.65. The number of likely N-dealkylation sites (tertiary alicyclic amines) is 1. The van der Waals surface area contributed by atoms with Crippen molar-refractivity contribution >= 4 is 0 Å². The zero-order valence-electron chi connectivity index (χ0n) is 14.6. The first-order valence-electron chi connectivity index (χ1n) is 9.46. The van der Waals surface area contributed by atoms with Crippen molar-refractivity contribution in [3.8, 4) is 0 Å². The van der Waals surface area contributed by atoms with Crippen LogP contribution in [0.3, 0.4) is 0 Å². The highest BCUT2D eigenvalue weighted by molar-refractivity contribution is 5.35. The lowest BCUT2D eigenvalue weighted by Crippen LogP contribution is -2.28. The van der Waals surface area contributed by atoms with Crippen molar-refractivity contribution in [2.24, 2.45) is 11.8 Å². The molecule has 3 aliphatic rings. The summed E-state index contributed by atoms with van der Waals surface area (Å²) in [6.07, 6.45) is 6.46. The second-order valence-electron chi connectivity index (χ2n) is 7.88. The van der Waals surface area contributed by atoms with Gasteiger partial charge in [-0.1, -0.05) is 42.8 Å². The van der Waals surface area contributed by atoms with Gasteiger partial charge in [0.25, 0.3) is 0 Å². The first kappa shape index (κ1) is 15.4. The van der Waals surface area contributed by atoms with Gasteiger partial charge in [-0.05, 0) is 55.7 Å². The van der Waals surface area contributed by atoms with Gasteiger partial charge in [0, 0.05) is 31.6 Å². The van der Waals surface area contributed by atoms with Crippen molar-refractivity contribution in [3.05, 3.63) is 47.0 Å². The number of allylic oxidation sites excluding steroid dienone is 1. The molecule has 2 heteroatoms. The van der Waals surface area contributed by atoms with E-state index in [0.29, 0.717) is 11.8 Å². The van der Waals surface area contributed by atoms with Crippen LogP contribution >= 0.6 is 0 Å². The van der Waals surface area contributed by atoms with Gasteiger partial charge < -0.3 is 10.2 Å². The first-order valence-corrected chi connectivity index (χ1v) is 9.46. The van der Waals surface area contributed by atoms with E-state index in [1.807, 2.05) is 0 Å². The van der Waals surface area contributed by atoms with Crippen LogP contribution in [-0.2, 0) is 6.42 Å². The van der Waals surface area contributed by atoms with E-state index in [1.165, 1.54) is 43.5 Å². The van der Waals surface area contributed by atoms with Crippen LogP contribution in [0.4, 0.5) is 0 Å². The second kappa shape index (κ2) is 6.41. The fraction of sp³-hybridized carbons (Fsp3) is 0.619. The van der Waals surface area contributed by atoms with Gasteiger partial charge in [-0.2, -0.15) is 0 Å². The number of hydrogen-bond donors (Lipinski definition) is 1. The maximum absolute atomic E-state index is 3.54. The van der Waals surface area contributed by atoms with Crippen LogP contribution in [0.5, 0.6) is 0 Å². The topological polar surface area (TPSA) is 15.3 Å². The Balaban J connectivity index is 1.40. The Labute approximate surface area is 141 Å². The van der Waals surface area contributed by atoms with Gasteiger partial charge >= 0.3 is 0 Å². The summed E-state index contributed by atoms with van der Waals surface area (Å²) < 4.78 is 0. The van der Waals surface area contributed by atoms with Crippen molar-refractivity contribution < 1.29 is 0 Å². The van der Waals surface area contributed by atoms with Gasteiger partial charge in [0.15, 0.2) is 0 Å². The lowest BCUT2D eigenvalue weighted by Gasteiger charge is -2.23. The van der Waals surface area contributed by atoms with E-state index >= 15 is 0 Å². The average molecular weight is 310 g/mol. The Hall–Kier alpha value is -1.12. The average Bonchev–Trinajstić information content (AvgIpc) is 3.22. The van der Waals surface area contributed by atoms with Crippen LogP contribution < -0.4 is 5.32 Å². The van der Waals surface area contributed by atoms with E-state index in [9.17, 15) is 0 Å². The summed E-state index contributed by atoms with van der Waals surface area (Å²) >= 11 is 0. The lowest BCUT2D eigenvalue weighted by molar-refractivity contribution is 0.272. The summed E-state index contributed by atoms with van der Waals surface area (Å²) in [6, 6.07) is 10.3. The van der Waals surface area contributed by atoms with Gasteiger partial charge in [0.2, 0.25) is 0 Å². The molecule has 23 heavy (non-hydrogen) atoms. The second-order valence-corrected chi connectivity index (χ2v) is 7.88. The summed E-state index contributed by atoms with van der Waals surface area (Å²) in [6.45, 7) is 9.55.